The van der Waals surface area contributed by atoms with Crippen LogP contribution in [0.3, 0.4) is 0 Å². The summed E-state index contributed by atoms with van der Waals surface area (Å²) in [7, 11) is 0. The lowest BCUT2D eigenvalue weighted by molar-refractivity contribution is 0.0159. The van der Waals surface area contributed by atoms with Crippen LogP contribution in [0.2, 0.25) is 0 Å². The van der Waals surface area contributed by atoms with E-state index < -0.39 is 0 Å². The maximum atomic E-state index is 12.6. The number of rotatable bonds is 5. The molecule has 4 rings (SSSR count). The summed E-state index contributed by atoms with van der Waals surface area (Å²) in [6.45, 7) is 3.63. The number of pyridine rings is 1. The smallest absolute Gasteiger partial charge is 0.319 e. The van der Waals surface area contributed by atoms with Gasteiger partial charge in [-0.1, -0.05) is 18.2 Å². The van der Waals surface area contributed by atoms with Gasteiger partial charge in [-0.2, -0.15) is 0 Å². The fourth-order valence-electron chi connectivity index (χ4n) is 4.14. The topological polar surface area (TPSA) is 66.5 Å². The van der Waals surface area contributed by atoms with Gasteiger partial charge in [-0.05, 0) is 55.0 Å². The maximum absolute atomic E-state index is 12.6. The van der Waals surface area contributed by atoms with Gasteiger partial charge in [-0.3, -0.25) is 9.88 Å². The van der Waals surface area contributed by atoms with Crippen LogP contribution in [0.4, 0.5) is 10.5 Å². The van der Waals surface area contributed by atoms with E-state index in [1.54, 1.807) is 6.20 Å². The molecule has 2 aromatic rings. The van der Waals surface area contributed by atoms with Crippen molar-refractivity contribution in [1.82, 2.24) is 15.2 Å². The van der Waals surface area contributed by atoms with Crippen LogP contribution in [0.15, 0.2) is 42.6 Å². The molecule has 1 aliphatic carbocycles. The largest absolute Gasteiger partial charge is 0.379 e. The monoisotopic (exact) mass is 380 g/mol. The molecule has 6 heteroatoms. The highest BCUT2D eigenvalue weighted by Crippen LogP contribution is 2.27. The SMILES string of the molecule is O=C(NCC(c1ccccn1)N1CCOCC1)Nc1cccc2c1CCCC2. The van der Waals surface area contributed by atoms with E-state index >= 15 is 0 Å². The van der Waals surface area contributed by atoms with Crippen molar-refractivity contribution in [2.75, 3.05) is 38.2 Å². The highest BCUT2D eigenvalue weighted by Gasteiger charge is 2.24. The molecule has 1 unspecified atom stereocenters. The lowest BCUT2D eigenvalue weighted by Gasteiger charge is -2.34. The van der Waals surface area contributed by atoms with Crippen LogP contribution >= 0.6 is 0 Å². The molecular formula is C22H28N4O2. The number of aromatic nitrogens is 1. The number of urea groups is 1. The Morgan fingerprint density at radius 3 is 2.79 bits per heavy atom. The van der Waals surface area contributed by atoms with E-state index in [1.165, 1.54) is 24.0 Å². The van der Waals surface area contributed by atoms with Crippen LogP contribution < -0.4 is 10.6 Å². The van der Waals surface area contributed by atoms with Crippen molar-refractivity contribution in [2.24, 2.45) is 0 Å². The molecule has 1 aliphatic heterocycles. The molecule has 0 spiro atoms. The number of ether oxygens (including phenoxy) is 1. The number of carbonyl (C=O) groups is 1. The Morgan fingerprint density at radius 2 is 1.96 bits per heavy atom. The molecule has 2 N–H and O–H groups in total. The number of morpholine rings is 1. The zero-order chi connectivity index (χ0) is 19.2. The fourth-order valence-corrected chi connectivity index (χ4v) is 4.14. The van der Waals surface area contributed by atoms with Gasteiger partial charge in [0.1, 0.15) is 0 Å². The number of nitrogens with one attached hydrogen (secondary N) is 2. The molecule has 1 aromatic carbocycles. The molecule has 1 aromatic heterocycles. The maximum Gasteiger partial charge on any atom is 0.319 e. The van der Waals surface area contributed by atoms with E-state index in [0.717, 1.165) is 37.3 Å². The third-order valence-corrected chi connectivity index (χ3v) is 5.62. The summed E-state index contributed by atoms with van der Waals surface area (Å²) in [6, 6.07) is 12.0. The van der Waals surface area contributed by atoms with Gasteiger partial charge in [0.2, 0.25) is 0 Å². The zero-order valence-electron chi connectivity index (χ0n) is 16.2. The first-order valence-electron chi connectivity index (χ1n) is 10.2. The molecule has 2 heterocycles. The first kappa shape index (κ1) is 18.9. The van der Waals surface area contributed by atoms with Crippen LogP contribution in [-0.2, 0) is 17.6 Å². The molecule has 1 atom stereocenters. The van der Waals surface area contributed by atoms with Crippen LogP contribution in [0.1, 0.15) is 35.7 Å². The minimum atomic E-state index is -0.159. The molecule has 148 valence electrons. The van der Waals surface area contributed by atoms with Crippen molar-refractivity contribution in [3.63, 3.8) is 0 Å². The van der Waals surface area contributed by atoms with Crippen molar-refractivity contribution in [3.05, 3.63) is 59.4 Å². The first-order chi connectivity index (χ1) is 13.8. The van der Waals surface area contributed by atoms with Crippen LogP contribution in [-0.4, -0.2) is 48.8 Å². The Kier molecular flexibility index (Phi) is 6.19. The number of amides is 2. The Morgan fingerprint density at radius 1 is 1.11 bits per heavy atom. The van der Waals surface area contributed by atoms with Gasteiger partial charge < -0.3 is 15.4 Å². The number of hydrogen-bond acceptors (Lipinski definition) is 4. The zero-order valence-corrected chi connectivity index (χ0v) is 16.2. The van der Waals surface area contributed by atoms with Crippen molar-refractivity contribution in [2.45, 2.75) is 31.7 Å². The van der Waals surface area contributed by atoms with Crippen molar-refractivity contribution in [1.29, 1.82) is 0 Å². The fraction of sp³-hybridized carbons (Fsp3) is 0.455. The van der Waals surface area contributed by atoms with E-state index in [2.05, 4.69) is 26.6 Å². The minimum Gasteiger partial charge on any atom is -0.379 e. The molecule has 28 heavy (non-hydrogen) atoms. The number of aryl methyl sites for hydroxylation is 1. The molecule has 1 fully saturated rings. The molecule has 0 bridgehead atoms. The summed E-state index contributed by atoms with van der Waals surface area (Å²) >= 11 is 0. The van der Waals surface area contributed by atoms with E-state index in [1.807, 2.05) is 30.3 Å². The molecule has 6 nitrogen and oxygen atoms in total. The lowest BCUT2D eigenvalue weighted by Crippen LogP contribution is -2.44. The number of nitrogens with zero attached hydrogens (tertiary/aromatic N) is 2. The lowest BCUT2D eigenvalue weighted by atomic mass is 9.90. The molecule has 0 saturated carbocycles. The summed E-state index contributed by atoms with van der Waals surface area (Å²) in [5.41, 5.74) is 4.57. The standard InChI is InChI=1S/C22H28N4O2/c27-22(25-19-10-5-7-17-6-1-2-8-18(17)19)24-16-21(20-9-3-4-11-23-20)26-12-14-28-15-13-26/h3-5,7,9-11,21H,1-2,6,8,12-16H2,(H2,24,25,27). The Balaban J connectivity index is 1.42. The summed E-state index contributed by atoms with van der Waals surface area (Å²) < 4.78 is 5.48. The van der Waals surface area contributed by atoms with Gasteiger partial charge in [-0.25, -0.2) is 4.79 Å². The second-order valence-corrected chi connectivity index (χ2v) is 7.40. The van der Waals surface area contributed by atoms with E-state index in [9.17, 15) is 4.79 Å². The van der Waals surface area contributed by atoms with Crippen molar-refractivity contribution < 1.29 is 9.53 Å². The third-order valence-electron chi connectivity index (χ3n) is 5.62. The van der Waals surface area contributed by atoms with E-state index in [4.69, 9.17) is 4.74 Å². The van der Waals surface area contributed by atoms with Gasteiger partial charge in [0, 0.05) is 31.5 Å². The summed E-state index contributed by atoms with van der Waals surface area (Å²) in [5.74, 6) is 0. The number of carbonyl (C=O) groups excluding carboxylic acids is 1. The van der Waals surface area contributed by atoms with Crippen LogP contribution in [0, 0.1) is 0 Å². The van der Waals surface area contributed by atoms with Crippen LogP contribution in [0.25, 0.3) is 0 Å². The Bertz CT molecular complexity index is 790. The second-order valence-electron chi connectivity index (χ2n) is 7.40. The number of fused-ring (bicyclic) bond motifs is 1. The van der Waals surface area contributed by atoms with Crippen molar-refractivity contribution in [3.8, 4) is 0 Å². The predicted octanol–water partition coefficient (Wildman–Crippen LogP) is 3.16. The molecule has 2 amide bonds. The normalized spacial score (nSPS) is 18.1. The quantitative estimate of drug-likeness (QED) is 0.836. The van der Waals surface area contributed by atoms with Gasteiger partial charge >= 0.3 is 6.03 Å². The van der Waals surface area contributed by atoms with Crippen LogP contribution in [0.5, 0.6) is 0 Å². The summed E-state index contributed by atoms with van der Waals surface area (Å²) in [6.07, 6.45) is 6.36. The van der Waals surface area contributed by atoms with Gasteiger partial charge in [0.05, 0.1) is 24.9 Å². The Hall–Kier alpha value is -2.44. The number of anilines is 1. The number of hydrogen-bond donors (Lipinski definition) is 2. The first-order valence-corrected chi connectivity index (χ1v) is 10.2. The molecule has 2 aliphatic rings. The second kappa shape index (κ2) is 9.17. The predicted molar refractivity (Wildman–Crippen MR) is 109 cm³/mol. The Labute approximate surface area is 166 Å². The highest BCUT2D eigenvalue weighted by atomic mass is 16.5. The van der Waals surface area contributed by atoms with Gasteiger partial charge in [0.25, 0.3) is 0 Å². The van der Waals surface area contributed by atoms with Gasteiger partial charge in [0.15, 0.2) is 0 Å². The number of benzene rings is 1. The summed E-state index contributed by atoms with van der Waals surface area (Å²) in [5, 5.41) is 6.13. The molecular weight excluding hydrogens is 352 g/mol. The molecule has 1 saturated heterocycles. The third kappa shape index (κ3) is 4.51. The van der Waals surface area contributed by atoms with E-state index in [0.29, 0.717) is 19.8 Å². The van der Waals surface area contributed by atoms with Gasteiger partial charge in [-0.15, -0.1) is 0 Å². The van der Waals surface area contributed by atoms with E-state index in [-0.39, 0.29) is 12.1 Å². The average Bonchev–Trinajstić information content (AvgIpc) is 2.76. The molecule has 0 radical (unpaired) electrons. The highest BCUT2D eigenvalue weighted by molar-refractivity contribution is 5.90. The van der Waals surface area contributed by atoms with Crippen molar-refractivity contribution >= 4 is 11.7 Å². The minimum absolute atomic E-state index is 0.0422. The summed E-state index contributed by atoms with van der Waals surface area (Å²) in [4.78, 5) is 19.5. The average molecular weight is 380 g/mol.